The molecule has 2 N–H and O–H groups in total. The predicted octanol–water partition coefficient (Wildman–Crippen LogP) is 2.72. The van der Waals surface area contributed by atoms with Crippen molar-refractivity contribution in [2.24, 2.45) is 5.73 Å². The van der Waals surface area contributed by atoms with Crippen LogP contribution < -0.4 is 5.73 Å². The first-order valence-corrected chi connectivity index (χ1v) is 7.30. The number of nitrogens with two attached hydrogens (primary N) is 1. The number of aromatic nitrogens is 2. The van der Waals surface area contributed by atoms with Crippen molar-refractivity contribution in [1.82, 2.24) is 10.1 Å². The third-order valence-corrected chi connectivity index (χ3v) is 4.50. The molecule has 0 radical (unpaired) electrons. The van der Waals surface area contributed by atoms with Crippen LogP contribution in [0.4, 0.5) is 0 Å². The summed E-state index contributed by atoms with van der Waals surface area (Å²) in [7, 11) is 1.71. The van der Waals surface area contributed by atoms with Gasteiger partial charge in [-0.1, -0.05) is 19.0 Å². The van der Waals surface area contributed by atoms with Crippen LogP contribution in [0.2, 0.25) is 0 Å². The average Bonchev–Trinajstić information content (AvgIpc) is 2.93. The molecule has 5 nitrogen and oxygen atoms in total. The monoisotopic (exact) mass is 267 g/mol. The Balaban J connectivity index is 2.14. The van der Waals surface area contributed by atoms with Crippen molar-refractivity contribution >= 4 is 0 Å². The molecule has 2 rings (SSSR count). The summed E-state index contributed by atoms with van der Waals surface area (Å²) in [5, 5.41) is 4.15. The number of nitrogens with zero attached hydrogens (tertiary/aromatic N) is 2. The molecule has 5 heteroatoms. The lowest BCUT2D eigenvalue weighted by Crippen LogP contribution is -2.28. The van der Waals surface area contributed by atoms with Crippen LogP contribution in [-0.2, 0) is 10.3 Å². The Labute approximate surface area is 114 Å². The van der Waals surface area contributed by atoms with Gasteiger partial charge in [-0.3, -0.25) is 0 Å². The van der Waals surface area contributed by atoms with Gasteiger partial charge < -0.3 is 15.0 Å². The maximum atomic E-state index is 5.93. The summed E-state index contributed by atoms with van der Waals surface area (Å²) in [6.07, 6.45) is 5.85. The van der Waals surface area contributed by atoms with Gasteiger partial charge in [-0.05, 0) is 38.5 Å². The molecule has 19 heavy (non-hydrogen) atoms. The third kappa shape index (κ3) is 2.82. The topological polar surface area (TPSA) is 74.2 Å². The highest BCUT2D eigenvalue weighted by atomic mass is 16.5. The molecule has 0 bridgehead atoms. The largest absolute Gasteiger partial charge is 0.370 e. The first-order chi connectivity index (χ1) is 9.15. The van der Waals surface area contributed by atoms with Crippen LogP contribution in [0.15, 0.2) is 4.52 Å². The molecule has 0 atom stereocenters. The number of hydrogen-bond acceptors (Lipinski definition) is 5. The average molecular weight is 267 g/mol. The van der Waals surface area contributed by atoms with Crippen LogP contribution in [0.5, 0.6) is 0 Å². The molecule has 1 aliphatic carbocycles. The molecule has 0 amide bonds. The van der Waals surface area contributed by atoms with E-state index < -0.39 is 5.60 Å². The zero-order valence-corrected chi connectivity index (χ0v) is 12.2. The Morgan fingerprint density at radius 3 is 2.42 bits per heavy atom. The Kier molecular flexibility index (Phi) is 4.58. The molecule has 0 unspecified atom stereocenters. The van der Waals surface area contributed by atoms with Crippen LogP contribution in [0.25, 0.3) is 0 Å². The lowest BCUT2D eigenvalue weighted by Gasteiger charge is -2.26. The Morgan fingerprint density at radius 2 is 1.89 bits per heavy atom. The summed E-state index contributed by atoms with van der Waals surface area (Å²) in [5.74, 6) is 1.81. The lowest BCUT2D eigenvalue weighted by atomic mass is 9.86. The van der Waals surface area contributed by atoms with Gasteiger partial charge in [0.1, 0.15) is 5.60 Å². The summed E-state index contributed by atoms with van der Waals surface area (Å²) < 4.78 is 11.1. The molecule has 1 aromatic heterocycles. The Bertz CT molecular complexity index is 385. The Morgan fingerprint density at radius 1 is 1.26 bits per heavy atom. The fourth-order valence-electron chi connectivity index (χ4n) is 2.90. The summed E-state index contributed by atoms with van der Waals surface area (Å²) >= 11 is 0. The van der Waals surface area contributed by atoms with E-state index in [1.807, 2.05) is 0 Å². The van der Waals surface area contributed by atoms with Crippen LogP contribution in [0.1, 0.15) is 70.0 Å². The van der Waals surface area contributed by atoms with Crippen molar-refractivity contribution in [2.75, 3.05) is 7.11 Å². The van der Waals surface area contributed by atoms with E-state index in [0.29, 0.717) is 17.8 Å². The van der Waals surface area contributed by atoms with Gasteiger partial charge in [0.05, 0.1) is 0 Å². The molecule has 0 spiro atoms. The molecule has 0 aliphatic heterocycles. The van der Waals surface area contributed by atoms with Gasteiger partial charge >= 0.3 is 0 Å². The molecule has 1 aliphatic rings. The Hall–Kier alpha value is -0.940. The maximum Gasteiger partial charge on any atom is 0.229 e. The van der Waals surface area contributed by atoms with Crippen molar-refractivity contribution in [2.45, 2.75) is 69.9 Å². The molecule has 1 aromatic rings. The van der Waals surface area contributed by atoms with Crippen LogP contribution in [-0.4, -0.2) is 23.3 Å². The van der Waals surface area contributed by atoms with Gasteiger partial charge in [0.25, 0.3) is 0 Å². The minimum Gasteiger partial charge on any atom is -0.370 e. The fourth-order valence-corrected chi connectivity index (χ4v) is 2.90. The standard InChI is InChI=1S/C14H25N3O2/c1-4-14(5-2,18-3)13-16-12(19-17-13)10-6-8-11(15)9-7-10/h10-11H,4-9,15H2,1-3H3. The van der Waals surface area contributed by atoms with Crippen molar-refractivity contribution in [1.29, 1.82) is 0 Å². The van der Waals surface area contributed by atoms with E-state index in [4.69, 9.17) is 15.0 Å². The van der Waals surface area contributed by atoms with Gasteiger partial charge in [0.2, 0.25) is 11.7 Å². The first-order valence-electron chi connectivity index (χ1n) is 7.30. The van der Waals surface area contributed by atoms with E-state index in [9.17, 15) is 0 Å². The minimum atomic E-state index is -0.410. The van der Waals surface area contributed by atoms with Gasteiger partial charge in [0, 0.05) is 19.1 Å². The highest BCUT2D eigenvalue weighted by Crippen LogP contribution is 2.34. The van der Waals surface area contributed by atoms with Crippen molar-refractivity contribution in [3.63, 3.8) is 0 Å². The quantitative estimate of drug-likeness (QED) is 0.887. The summed E-state index contributed by atoms with van der Waals surface area (Å²) in [5.41, 5.74) is 5.52. The summed E-state index contributed by atoms with van der Waals surface area (Å²) in [6.45, 7) is 4.17. The summed E-state index contributed by atoms with van der Waals surface area (Å²) in [4.78, 5) is 4.60. The SMILES string of the molecule is CCC(CC)(OC)c1noc(C2CCC(N)CC2)n1. The molecule has 0 aromatic carbocycles. The van der Waals surface area contributed by atoms with Gasteiger partial charge in [-0.2, -0.15) is 4.98 Å². The van der Waals surface area contributed by atoms with E-state index in [2.05, 4.69) is 24.0 Å². The molecular formula is C14H25N3O2. The molecule has 1 fully saturated rings. The molecule has 108 valence electrons. The van der Waals surface area contributed by atoms with Gasteiger partial charge in [-0.15, -0.1) is 0 Å². The zero-order valence-electron chi connectivity index (χ0n) is 12.2. The molecule has 1 saturated carbocycles. The second-order valence-corrected chi connectivity index (χ2v) is 5.47. The first kappa shape index (κ1) is 14.5. The molecular weight excluding hydrogens is 242 g/mol. The minimum absolute atomic E-state index is 0.336. The molecule has 1 heterocycles. The fraction of sp³-hybridized carbons (Fsp3) is 0.857. The smallest absolute Gasteiger partial charge is 0.229 e. The summed E-state index contributed by atoms with van der Waals surface area (Å²) in [6, 6.07) is 0.336. The molecule has 0 saturated heterocycles. The van der Waals surface area contributed by atoms with Gasteiger partial charge in [-0.25, -0.2) is 0 Å². The van der Waals surface area contributed by atoms with Crippen LogP contribution in [0.3, 0.4) is 0 Å². The van der Waals surface area contributed by atoms with E-state index >= 15 is 0 Å². The highest BCUT2D eigenvalue weighted by molar-refractivity contribution is 5.04. The lowest BCUT2D eigenvalue weighted by molar-refractivity contribution is -0.0306. The van der Waals surface area contributed by atoms with Crippen molar-refractivity contribution in [3.8, 4) is 0 Å². The predicted molar refractivity (Wildman–Crippen MR) is 72.8 cm³/mol. The number of ether oxygens (including phenoxy) is 1. The highest BCUT2D eigenvalue weighted by Gasteiger charge is 2.35. The second-order valence-electron chi connectivity index (χ2n) is 5.47. The number of hydrogen-bond donors (Lipinski definition) is 1. The van der Waals surface area contributed by atoms with E-state index in [0.717, 1.165) is 44.4 Å². The van der Waals surface area contributed by atoms with E-state index in [1.54, 1.807) is 7.11 Å². The van der Waals surface area contributed by atoms with Crippen LogP contribution >= 0.6 is 0 Å². The van der Waals surface area contributed by atoms with Crippen LogP contribution in [0, 0.1) is 0 Å². The van der Waals surface area contributed by atoms with Crippen molar-refractivity contribution < 1.29 is 9.26 Å². The van der Waals surface area contributed by atoms with E-state index in [1.165, 1.54) is 0 Å². The number of rotatable bonds is 5. The second kappa shape index (κ2) is 6.01. The van der Waals surface area contributed by atoms with Crippen molar-refractivity contribution in [3.05, 3.63) is 11.7 Å². The third-order valence-electron chi connectivity index (χ3n) is 4.50. The zero-order chi connectivity index (χ0) is 13.9. The number of methoxy groups -OCH3 is 1. The van der Waals surface area contributed by atoms with E-state index in [-0.39, 0.29) is 0 Å². The van der Waals surface area contributed by atoms with Gasteiger partial charge in [0.15, 0.2) is 0 Å². The maximum absolute atomic E-state index is 5.93. The normalized spacial score (nSPS) is 24.6.